The molecule has 0 aromatic heterocycles. The molecule has 2 aliphatic rings. The van der Waals surface area contributed by atoms with Gasteiger partial charge in [-0.15, -0.1) is 0 Å². The summed E-state index contributed by atoms with van der Waals surface area (Å²) in [6, 6.07) is -1.28. The first kappa shape index (κ1) is 20.7. The van der Waals surface area contributed by atoms with Crippen molar-refractivity contribution in [3.8, 4) is 0 Å². The summed E-state index contributed by atoms with van der Waals surface area (Å²) in [6.07, 6.45) is 2.94. The minimum absolute atomic E-state index is 0.0447. The van der Waals surface area contributed by atoms with Gasteiger partial charge in [0.05, 0.1) is 0 Å². The van der Waals surface area contributed by atoms with Gasteiger partial charge in [0.2, 0.25) is 0 Å². The SMILES string of the molecule is CC[C@]1(C)NC(=O)N(CC(=O)O[C@H](C)C(=O)NC(=O)NC2CCCC2)C1=O. The summed E-state index contributed by atoms with van der Waals surface area (Å²) in [7, 11) is 0. The van der Waals surface area contributed by atoms with Crippen LogP contribution in [0.15, 0.2) is 0 Å². The zero-order valence-corrected chi connectivity index (χ0v) is 15.8. The highest BCUT2D eigenvalue weighted by molar-refractivity contribution is 6.08. The number of ether oxygens (including phenoxy) is 1. The third-order valence-corrected chi connectivity index (χ3v) is 4.94. The Morgan fingerprint density at radius 2 is 1.93 bits per heavy atom. The van der Waals surface area contributed by atoms with E-state index in [0.29, 0.717) is 6.42 Å². The molecule has 1 aliphatic heterocycles. The van der Waals surface area contributed by atoms with Crippen LogP contribution in [-0.2, 0) is 19.1 Å². The van der Waals surface area contributed by atoms with E-state index in [1.54, 1.807) is 13.8 Å². The highest BCUT2D eigenvalue weighted by Gasteiger charge is 2.47. The molecule has 6 amide bonds. The normalized spacial score (nSPS) is 23.7. The van der Waals surface area contributed by atoms with Crippen LogP contribution >= 0.6 is 0 Å². The quantitative estimate of drug-likeness (QED) is 0.450. The molecule has 2 fully saturated rings. The number of carbonyl (C=O) groups excluding carboxylic acids is 5. The lowest BCUT2D eigenvalue weighted by molar-refractivity contribution is -0.156. The Hall–Kier alpha value is -2.65. The van der Waals surface area contributed by atoms with Crippen LogP contribution in [0.3, 0.4) is 0 Å². The molecule has 2 atom stereocenters. The van der Waals surface area contributed by atoms with Gasteiger partial charge in [0, 0.05) is 6.04 Å². The molecule has 1 aliphatic carbocycles. The molecule has 10 nitrogen and oxygen atoms in total. The second-order valence-corrected chi connectivity index (χ2v) is 7.08. The van der Waals surface area contributed by atoms with E-state index >= 15 is 0 Å². The summed E-state index contributed by atoms with van der Waals surface area (Å²) in [4.78, 5) is 60.6. The maximum Gasteiger partial charge on any atom is 0.327 e. The smallest absolute Gasteiger partial charge is 0.327 e. The van der Waals surface area contributed by atoms with E-state index in [1.165, 1.54) is 6.92 Å². The average Bonchev–Trinajstić information content (AvgIpc) is 3.17. The van der Waals surface area contributed by atoms with Crippen molar-refractivity contribution < 1.29 is 28.7 Å². The summed E-state index contributed by atoms with van der Waals surface area (Å²) in [6.45, 7) is 4.00. The van der Waals surface area contributed by atoms with Gasteiger partial charge < -0.3 is 15.4 Å². The number of nitrogens with one attached hydrogen (secondary N) is 3. The molecule has 0 unspecified atom stereocenters. The molecule has 10 heteroatoms. The first-order chi connectivity index (χ1) is 12.7. The zero-order valence-electron chi connectivity index (χ0n) is 15.8. The molecule has 1 saturated carbocycles. The average molecular weight is 382 g/mol. The van der Waals surface area contributed by atoms with Gasteiger partial charge in [-0.05, 0) is 33.1 Å². The first-order valence-corrected chi connectivity index (χ1v) is 9.11. The standard InChI is InChI=1S/C17H26N4O6/c1-4-17(3)14(24)21(16(26)20-17)9-12(22)27-10(2)13(23)19-15(25)18-11-7-5-6-8-11/h10-11H,4-9H2,1-3H3,(H,20,26)(H2,18,19,23,25)/t10-,17+/m1/s1. The second kappa shape index (κ2) is 8.36. The Kier molecular flexibility index (Phi) is 6.40. The van der Waals surface area contributed by atoms with E-state index < -0.39 is 48.0 Å². The fraction of sp³-hybridized carbons (Fsp3) is 0.706. The van der Waals surface area contributed by atoms with Crippen molar-refractivity contribution in [2.45, 2.75) is 70.6 Å². The Bertz CT molecular complexity index is 645. The predicted octanol–water partition coefficient (Wildman–Crippen LogP) is 0.407. The summed E-state index contributed by atoms with van der Waals surface area (Å²) < 4.78 is 4.94. The topological polar surface area (TPSA) is 134 Å². The molecule has 0 aromatic carbocycles. The van der Waals surface area contributed by atoms with Gasteiger partial charge in [0.1, 0.15) is 12.1 Å². The van der Waals surface area contributed by atoms with Crippen molar-refractivity contribution in [3.05, 3.63) is 0 Å². The van der Waals surface area contributed by atoms with Gasteiger partial charge in [-0.1, -0.05) is 19.8 Å². The van der Waals surface area contributed by atoms with E-state index in [2.05, 4.69) is 16.0 Å². The molecule has 27 heavy (non-hydrogen) atoms. The molecule has 0 spiro atoms. The number of esters is 1. The molecule has 0 bridgehead atoms. The summed E-state index contributed by atoms with van der Waals surface area (Å²) in [5.41, 5.74) is -1.06. The van der Waals surface area contributed by atoms with Gasteiger partial charge in [0.15, 0.2) is 6.10 Å². The Balaban J connectivity index is 1.80. The second-order valence-electron chi connectivity index (χ2n) is 7.08. The minimum Gasteiger partial charge on any atom is -0.451 e. The third kappa shape index (κ3) is 4.95. The maximum absolute atomic E-state index is 12.2. The Morgan fingerprint density at radius 1 is 1.30 bits per heavy atom. The molecular formula is C17H26N4O6. The van der Waals surface area contributed by atoms with Crippen LogP contribution in [0.5, 0.6) is 0 Å². The van der Waals surface area contributed by atoms with Crippen molar-refractivity contribution >= 4 is 29.8 Å². The maximum atomic E-state index is 12.2. The van der Waals surface area contributed by atoms with E-state index in [4.69, 9.17) is 4.74 Å². The molecule has 1 saturated heterocycles. The van der Waals surface area contributed by atoms with Gasteiger partial charge in [-0.3, -0.25) is 24.6 Å². The van der Waals surface area contributed by atoms with Crippen LogP contribution in [0, 0.1) is 0 Å². The van der Waals surface area contributed by atoms with Gasteiger partial charge in [-0.25, -0.2) is 9.59 Å². The lowest BCUT2D eigenvalue weighted by Crippen LogP contribution is -2.48. The van der Waals surface area contributed by atoms with Crippen molar-refractivity contribution in [1.82, 2.24) is 20.9 Å². The van der Waals surface area contributed by atoms with Crippen LogP contribution in [0.1, 0.15) is 52.9 Å². The molecule has 3 N–H and O–H groups in total. The van der Waals surface area contributed by atoms with Gasteiger partial charge in [-0.2, -0.15) is 0 Å². The van der Waals surface area contributed by atoms with Gasteiger partial charge in [0.25, 0.3) is 11.8 Å². The Labute approximate surface area is 157 Å². The number of amides is 6. The number of hydrogen-bond donors (Lipinski definition) is 3. The monoisotopic (exact) mass is 382 g/mol. The number of imide groups is 2. The highest BCUT2D eigenvalue weighted by atomic mass is 16.5. The summed E-state index contributed by atoms with van der Waals surface area (Å²) in [5.74, 6) is -2.23. The molecule has 1 heterocycles. The number of rotatable bonds is 6. The van der Waals surface area contributed by atoms with Crippen LogP contribution in [0.2, 0.25) is 0 Å². The predicted molar refractivity (Wildman–Crippen MR) is 93.4 cm³/mol. The third-order valence-electron chi connectivity index (χ3n) is 4.94. The molecule has 0 radical (unpaired) electrons. The number of hydrogen-bond acceptors (Lipinski definition) is 6. The molecule has 150 valence electrons. The van der Waals surface area contributed by atoms with Crippen LogP contribution in [0.25, 0.3) is 0 Å². The summed E-state index contributed by atoms with van der Waals surface area (Å²) in [5, 5.41) is 7.32. The number of urea groups is 2. The lowest BCUT2D eigenvalue weighted by Gasteiger charge is -2.19. The fourth-order valence-electron chi connectivity index (χ4n) is 3.05. The Morgan fingerprint density at radius 3 is 2.48 bits per heavy atom. The largest absolute Gasteiger partial charge is 0.451 e. The van der Waals surface area contributed by atoms with Crippen LogP contribution < -0.4 is 16.0 Å². The van der Waals surface area contributed by atoms with E-state index in [-0.39, 0.29) is 6.04 Å². The highest BCUT2D eigenvalue weighted by Crippen LogP contribution is 2.20. The van der Waals surface area contributed by atoms with E-state index in [0.717, 1.165) is 30.6 Å². The fourth-order valence-corrected chi connectivity index (χ4v) is 3.05. The molecular weight excluding hydrogens is 356 g/mol. The van der Waals surface area contributed by atoms with Crippen molar-refractivity contribution in [2.24, 2.45) is 0 Å². The molecule has 2 rings (SSSR count). The van der Waals surface area contributed by atoms with Gasteiger partial charge >= 0.3 is 18.0 Å². The van der Waals surface area contributed by atoms with Crippen molar-refractivity contribution in [3.63, 3.8) is 0 Å². The van der Waals surface area contributed by atoms with E-state index in [9.17, 15) is 24.0 Å². The summed E-state index contributed by atoms with van der Waals surface area (Å²) >= 11 is 0. The van der Waals surface area contributed by atoms with Crippen LogP contribution in [-0.4, -0.2) is 59.0 Å². The van der Waals surface area contributed by atoms with Crippen molar-refractivity contribution in [2.75, 3.05) is 6.54 Å². The number of carbonyl (C=O) groups is 5. The van der Waals surface area contributed by atoms with E-state index in [1.807, 2.05) is 0 Å². The molecule has 0 aromatic rings. The van der Waals surface area contributed by atoms with Crippen LogP contribution in [0.4, 0.5) is 9.59 Å². The minimum atomic E-state index is -1.25. The lowest BCUT2D eigenvalue weighted by atomic mass is 9.99. The number of nitrogens with zero attached hydrogens (tertiary/aromatic N) is 1. The van der Waals surface area contributed by atoms with Crippen molar-refractivity contribution in [1.29, 1.82) is 0 Å². The zero-order chi connectivity index (χ0) is 20.2. The first-order valence-electron chi connectivity index (χ1n) is 9.11.